The standard InChI is InChI=1S/C14H28N2/c1-14(2,10-15-13-7-8-13)11-16(3)9-12-5-4-6-12/h12-13,15H,4-11H2,1-3H3. The van der Waals surface area contributed by atoms with E-state index in [1.54, 1.807) is 0 Å². The number of rotatable bonds is 7. The Morgan fingerprint density at radius 2 is 1.88 bits per heavy atom. The SMILES string of the molecule is CN(CC1CCC1)CC(C)(C)CNC1CC1. The Morgan fingerprint density at radius 3 is 2.38 bits per heavy atom. The Labute approximate surface area is 101 Å². The quantitative estimate of drug-likeness (QED) is 0.715. The van der Waals surface area contributed by atoms with Crippen molar-refractivity contribution in [1.29, 1.82) is 0 Å². The second-order valence-electron chi connectivity index (χ2n) is 6.81. The van der Waals surface area contributed by atoms with E-state index in [9.17, 15) is 0 Å². The average molecular weight is 224 g/mol. The van der Waals surface area contributed by atoms with E-state index in [0.29, 0.717) is 5.41 Å². The minimum atomic E-state index is 0.418. The van der Waals surface area contributed by atoms with Crippen LogP contribution >= 0.6 is 0 Å². The van der Waals surface area contributed by atoms with Crippen molar-refractivity contribution in [2.24, 2.45) is 11.3 Å². The van der Waals surface area contributed by atoms with Gasteiger partial charge in [-0.05, 0) is 44.1 Å². The van der Waals surface area contributed by atoms with Gasteiger partial charge < -0.3 is 10.2 Å². The molecule has 0 unspecified atom stereocenters. The monoisotopic (exact) mass is 224 g/mol. The Morgan fingerprint density at radius 1 is 1.19 bits per heavy atom. The van der Waals surface area contributed by atoms with Crippen molar-refractivity contribution in [3.63, 3.8) is 0 Å². The lowest BCUT2D eigenvalue weighted by molar-refractivity contribution is 0.151. The molecule has 2 fully saturated rings. The topological polar surface area (TPSA) is 15.3 Å². The normalized spacial score (nSPS) is 22.5. The molecule has 0 aliphatic heterocycles. The van der Waals surface area contributed by atoms with Crippen molar-refractivity contribution in [2.75, 3.05) is 26.7 Å². The maximum absolute atomic E-state index is 3.66. The summed E-state index contributed by atoms with van der Waals surface area (Å²) in [6, 6.07) is 0.844. The van der Waals surface area contributed by atoms with Crippen LogP contribution < -0.4 is 5.32 Å². The van der Waals surface area contributed by atoms with Gasteiger partial charge in [-0.3, -0.25) is 0 Å². The molecule has 94 valence electrons. The molecule has 0 bridgehead atoms. The van der Waals surface area contributed by atoms with Gasteiger partial charge in [0, 0.05) is 25.7 Å². The van der Waals surface area contributed by atoms with Crippen molar-refractivity contribution < 1.29 is 0 Å². The molecule has 2 heteroatoms. The van der Waals surface area contributed by atoms with Crippen molar-refractivity contribution in [3.05, 3.63) is 0 Å². The molecule has 0 heterocycles. The summed E-state index contributed by atoms with van der Waals surface area (Å²) < 4.78 is 0. The molecule has 0 saturated heterocycles. The Bertz CT molecular complexity index is 217. The highest BCUT2D eigenvalue weighted by Crippen LogP contribution is 2.28. The second kappa shape index (κ2) is 5.05. The highest BCUT2D eigenvalue weighted by Gasteiger charge is 2.27. The van der Waals surface area contributed by atoms with Crippen LogP contribution in [0.1, 0.15) is 46.0 Å². The van der Waals surface area contributed by atoms with Crippen LogP contribution in [0, 0.1) is 11.3 Å². The second-order valence-corrected chi connectivity index (χ2v) is 6.81. The van der Waals surface area contributed by atoms with E-state index >= 15 is 0 Å². The van der Waals surface area contributed by atoms with Gasteiger partial charge in [0.2, 0.25) is 0 Å². The molecule has 2 nitrogen and oxygen atoms in total. The van der Waals surface area contributed by atoms with Gasteiger partial charge in [0.25, 0.3) is 0 Å². The lowest BCUT2D eigenvalue weighted by Gasteiger charge is -2.35. The predicted molar refractivity (Wildman–Crippen MR) is 69.6 cm³/mol. The first-order valence-corrected chi connectivity index (χ1v) is 6.97. The minimum absolute atomic E-state index is 0.418. The highest BCUT2D eigenvalue weighted by molar-refractivity contribution is 4.85. The van der Waals surface area contributed by atoms with Crippen LogP contribution in [0.5, 0.6) is 0 Å². The van der Waals surface area contributed by atoms with Gasteiger partial charge in [0.15, 0.2) is 0 Å². The molecule has 1 N–H and O–H groups in total. The van der Waals surface area contributed by atoms with Gasteiger partial charge in [-0.2, -0.15) is 0 Å². The Hall–Kier alpha value is -0.0800. The number of nitrogens with one attached hydrogen (secondary N) is 1. The van der Waals surface area contributed by atoms with E-state index in [0.717, 1.165) is 12.0 Å². The zero-order valence-corrected chi connectivity index (χ0v) is 11.3. The largest absolute Gasteiger partial charge is 0.313 e. The zero-order valence-electron chi connectivity index (χ0n) is 11.3. The number of nitrogens with zero attached hydrogens (tertiary/aromatic N) is 1. The average Bonchev–Trinajstić information content (AvgIpc) is 2.91. The van der Waals surface area contributed by atoms with Gasteiger partial charge in [0.05, 0.1) is 0 Å². The third-order valence-electron chi connectivity index (χ3n) is 3.94. The van der Waals surface area contributed by atoms with Crippen LogP contribution in [0.4, 0.5) is 0 Å². The number of hydrogen-bond donors (Lipinski definition) is 1. The third-order valence-corrected chi connectivity index (χ3v) is 3.94. The smallest absolute Gasteiger partial charge is 0.00684 e. The van der Waals surface area contributed by atoms with Gasteiger partial charge >= 0.3 is 0 Å². The molecule has 0 spiro atoms. The van der Waals surface area contributed by atoms with Gasteiger partial charge in [-0.25, -0.2) is 0 Å². The van der Waals surface area contributed by atoms with Gasteiger partial charge in [0.1, 0.15) is 0 Å². The molecule has 0 amide bonds. The van der Waals surface area contributed by atoms with E-state index in [4.69, 9.17) is 0 Å². The maximum Gasteiger partial charge on any atom is 0.00684 e. The fourth-order valence-corrected chi connectivity index (χ4v) is 2.68. The fraction of sp³-hybridized carbons (Fsp3) is 1.00. The summed E-state index contributed by atoms with van der Waals surface area (Å²) in [5.74, 6) is 0.997. The predicted octanol–water partition coefficient (Wildman–Crippen LogP) is 2.50. The molecule has 16 heavy (non-hydrogen) atoms. The lowest BCUT2D eigenvalue weighted by Crippen LogP contribution is -2.41. The van der Waals surface area contributed by atoms with Crippen molar-refractivity contribution in [2.45, 2.75) is 52.0 Å². The molecule has 0 aromatic heterocycles. The summed E-state index contributed by atoms with van der Waals surface area (Å²) in [4.78, 5) is 2.54. The summed E-state index contributed by atoms with van der Waals surface area (Å²) in [5.41, 5.74) is 0.418. The first-order chi connectivity index (χ1) is 7.55. The van der Waals surface area contributed by atoms with Crippen LogP contribution in [0.15, 0.2) is 0 Å². The highest BCUT2D eigenvalue weighted by atomic mass is 15.1. The van der Waals surface area contributed by atoms with Crippen LogP contribution in [-0.4, -0.2) is 37.6 Å². The van der Waals surface area contributed by atoms with E-state index in [-0.39, 0.29) is 0 Å². The molecule has 0 aromatic carbocycles. The molecule has 2 aliphatic carbocycles. The van der Waals surface area contributed by atoms with E-state index in [2.05, 4.69) is 31.1 Å². The first kappa shape index (κ1) is 12.4. The van der Waals surface area contributed by atoms with Crippen LogP contribution in [-0.2, 0) is 0 Å². The van der Waals surface area contributed by atoms with Crippen molar-refractivity contribution >= 4 is 0 Å². The van der Waals surface area contributed by atoms with Crippen LogP contribution in [0.3, 0.4) is 0 Å². The molecular formula is C14H28N2. The lowest BCUT2D eigenvalue weighted by atomic mass is 9.84. The molecule has 2 aliphatic rings. The van der Waals surface area contributed by atoms with Gasteiger partial charge in [-0.1, -0.05) is 20.3 Å². The number of hydrogen-bond acceptors (Lipinski definition) is 2. The summed E-state index contributed by atoms with van der Waals surface area (Å²) in [7, 11) is 2.29. The van der Waals surface area contributed by atoms with Crippen LogP contribution in [0.2, 0.25) is 0 Å². The van der Waals surface area contributed by atoms with E-state index in [1.165, 1.54) is 51.7 Å². The summed E-state index contributed by atoms with van der Waals surface area (Å²) in [6.45, 7) is 8.49. The van der Waals surface area contributed by atoms with Crippen molar-refractivity contribution in [1.82, 2.24) is 10.2 Å². The van der Waals surface area contributed by atoms with E-state index in [1.807, 2.05) is 0 Å². The molecule has 0 radical (unpaired) electrons. The third kappa shape index (κ3) is 4.06. The van der Waals surface area contributed by atoms with E-state index < -0.39 is 0 Å². The molecular weight excluding hydrogens is 196 g/mol. The first-order valence-electron chi connectivity index (χ1n) is 6.97. The molecule has 2 saturated carbocycles. The van der Waals surface area contributed by atoms with Crippen LogP contribution in [0.25, 0.3) is 0 Å². The summed E-state index contributed by atoms with van der Waals surface area (Å²) in [5, 5.41) is 3.66. The molecule has 0 aromatic rings. The summed E-state index contributed by atoms with van der Waals surface area (Å²) >= 11 is 0. The van der Waals surface area contributed by atoms with Crippen molar-refractivity contribution in [3.8, 4) is 0 Å². The fourth-order valence-electron chi connectivity index (χ4n) is 2.68. The molecule has 2 rings (SSSR count). The maximum atomic E-state index is 3.66. The van der Waals surface area contributed by atoms with Gasteiger partial charge in [-0.15, -0.1) is 0 Å². The summed E-state index contributed by atoms with van der Waals surface area (Å²) in [6.07, 6.45) is 7.18. The minimum Gasteiger partial charge on any atom is -0.313 e. The zero-order chi connectivity index (χ0) is 11.6. The molecule has 0 atom stereocenters. The Kier molecular flexibility index (Phi) is 3.91. The Balaban J connectivity index is 1.63.